The first-order valence-electron chi connectivity index (χ1n) is 6.29. The number of furan rings is 1. The van der Waals surface area contributed by atoms with Crippen molar-refractivity contribution in [3.63, 3.8) is 0 Å². The maximum atomic E-state index is 12.4. The molecule has 2 aromatic heterocycles. The predicted octanol–water partition coefficient (Wildman–Crippen LogP) is 1.58. The van der Waals surface area contributed by atoms with Gasteiger partial charge in [0.25, 0.3) is 5.91 Å². The Bertz CT molecular complexity index is 651. The Labute approximate surface area is 123 Å². The van der Waals surface area contributed by atoms with Crippen molar-refractivity contribution in [2.24, 2.45) is 0 Å². The van der Waals surface area contributed by atoms with Gasteiger partial charge in [0.05, 0.1) is 6.26 Å². The Morgan fingerprint density at radius 1 is 1.43 bits per heavy atom. The lowest BCUT2D eigenvalue weighted by Gasteiger charge is -2.31. The van der Waals surface area contributed by atoms with E-state index in [4.69, 9.17) is 8.94 Å². The standard InChI is InChI=1S/C13H12N2O5S/c16-12(15-3-5-21-7-9(15)13(17)18)8-6-11(20-14-8)10-2-1-4-19-10/h1-2,4,6,9H,3,5,7H2,(H,17,18). The van der Waals surface area contributed by atoms with Crippen molar-refractivity contribution in [1.82, 2.24) is 10.1 Å². The molecule has 1 unspecified atom stereocenters. The van der Waals surface area contributed by atoms with Gasteiger partial charge in [-0.15, -0.1) is 0 Å². The van der Waals surface area contributed by atoms with Crippen LogP contribution in [0.1, 0.15) is 10.5 Å². The Morgan fingerprint density at radius 2 is 2.29 bits per heavy atom. The van der Waals surface area contributed by atoms with Gasteiger partial charge in [-0.05, 0) is 12.1 Å². The number of hydrogen-bond donors (Lipinski definition) is 1. The summed E-state index contributed by atoms with van der Waals surface area (Å²) in [5, 5.41) is 12.9. The van der Waals surface area contributed by atoms with Crippen molar-refractivity contribution in [3.05, 3.63) is 30.2 Å². The van der Waals surface area contributed by atoms with E-state index in [1.54, 1.807) is 12.1 Å². The van der Waals surface area contributed by atoms with Crippen LogP contribution in [0.25, 0.3) is 11.5 Å². The van der Waals surface area contributed by atoms with E-state index in [1.807, 2.05) is 0 Å². The van der Waals surface area contributed by atoms with Crippen molar-refractivity contribution in [3.8, 4) is 11.5 Å². The fourth-order valence-electron chi connectivity index (χ4n) is 2.11. The van der Waals surface area contributed by atoms with Gasteiger partial charge in [0.1, 0.15) is 6.04 Å². The first-order chi connectivity index (χ1) is 10.2. The first-order valence-corrected chi connectivity index (χ1v) is 7.44. The molecule has 3 heterocycles. The van der Waals surface area contributed by atoms with E-state index >= 15 is 0 Å². The number of aromatic nitrogens is 1. The average Bonchev–Trinajstić information content (AvgIpc) is 3.17. The zero-order valence-corrected chi connectivity index (χ0v) is 11.7. The lowest BCUT2D eigenvalue weighted by molar-refractivity contribution is -0.141. The Hall–Kier alpha value is -2.22. The van der Waals surface area contributed by atoms with Crippen molar-refractivity contribution in [2.75, 3.05) is 18.1 Å². The van der Waals surface area contributed by atoms with Gasteiger partial charge >= 0.3 is 5.97 Å². The van der Waals surface area contributed by atoms with Crippen molar-refractivity contribution >= 4 is 23.6 Å². The number of rotatable bonds is 3. The van der Waals surface area contributed by atoms with E-state index < -0.39 is 17.9 Å². The van der Waals surface area contributed by atoms with E-state index in [9.17, 15) is 14.7 Å². The number of amides is 1. The second kappa shape index (κ2) is 5.65. The molecule has 3 rings (SSSR count). The third-order valence-corrected chi connectivity index (χ3v) is 4.19. The van der Waals surface area contributed by atoms with Gasteiger partial charge in [-0.3, -0.25) is 4.79 Å². The molecule has 1 amide bonds. The van der Waals surface area contributed by atoms with Crippen LogP contribution >= 0.6 is 11.8 Å². The summed E-state index contributed by atoms with van der Waals surface area (Å²) in [4.78, 5) is 24.9. The summed E-state index contributed by atoms with van der Waals surface area (Å²) in [6, 6.07) is 4.01. The third-order valence-electron chi connectivity index (χ3n) is 3.17. The molecule has 0 saturated carbocycles. The number of thioether (sulfide) groups is 1. The lowest BCUT2D eigenvalue weighted by atomic mass is 10.2. The SMILES string of the molecule is O=C(O)C1CSCCN1C(=O)c1cc(-c2ccco2)on1. The first kappa shape index (κ1) is 13.7. The molecule has 1 fully saturated rings. The molecule has 1 saturated heterocycles. The number of carboxylic acids is 1. The number of hydrogen-bond acceptors (Lipinski definition) is 6. The zero-order chi connectivity index (χ0) is 14.8. The topological polar surface area (TPSA) is 96.8 Å². The minimum atomic E-state index is -1.01. The highest BCUT2D eigenvalue weighted by molar-refractivity contribution is 7.99. The summed E-state index contributed by atoms with van der Waals surface area (Å²) in [6.45, 7) is 0.378. The van der Waals surface area contributed by atoms with Crippen LogP contribution in [0.3, 0.4) is 0 Å². The fraction of sp³-hybridized carbons (Fsp3) is 0.308. The number of carboxylic acid groups (broad SMARTS) is 1. The molecular formula is C13H12N2O5S. The molecule has 0 bridgehead atoms. The van der Waals surface area contributed by atoms with Crippen molar-refractivity contribution in [2.45, 2.75) is 6.04 Å². The van der Waals surface area contributed by atoms with Crippen LogP contribution in [0.4, 0.5) is 0 Å². The quantitative estimate of drug-likeness (QED) is 0.919. The predicted molar refractivity (Wildman–Crippen MR) is 74.0 cm³/mol. The van der Waals surface area contributed by atoms with Crippen LogP contribution in [0.2, 0.25) is 0 Å². The fourth-order valence-corrected chi connectivity index (χ4v) is 3.15. The van der Waals surface area contributed by atoms with Crippen LogP contribution in [0.15, 0.2) is 33.4 Å². The van der Waals surface area contributed by atoms with Crippen LogP contribution in [0, 0.1) is 0 Å². The minimum Gasteiger partial charge on any atom is -0.480 e. The van der Waals surface area contributed by atoms with E-state index in [1.165, 1.54) is 29.0 Å². The monoisotopic (exact) mass is 308 g/mol. The maximum absolute atomic E-state index is 12.4. The molecule has 0 aliphatic carbocycles. The third kappa shape index (κ3) is 2.66. The van der Waals surface area contributed by atoms with Gasteiger partial charge in [0.15, 0.2) is 11.5 Å². The summed E-state index contributed by atoms with van der Waals surface area (Å²) >= 11 is 1.52. The van der Waals surface area contributed by atoms with Crippen LogP contribution < -0.4 is 0 Å². The Balaban J connectivity index is 1.83. The molecule has 0 radical (unpaired) electrons. The Kier molecular flexibility index (Phi) is 3.70. The summed E-state index contributed by atoms with van der Waals surface area (Å²) in [5.41, 5.74) is 0.0829. The molecular weight excluding hydrogens is 296 g/mol. The summed E-state index contributed by atoms with van der Waals surface area (Å²) in [7, 11) is 0. The molecule has 110 valence electrons. The normalized spacial score (nSPS) is 18.7. The van der Waals surface area contributed by atoms with Crippen LogP contribution in [0.5, 0.6) is 0 Å². The molecule has 0 aromatic carbocycles. The molecule has 0 spiro atoms. The number of carbonyl (C=O) groups excluding carboxylic acids is 1. The minimum absolute atomic E-state index is 0.0829. The van der Waals surface area contributed by atoms with Gasteiger partial charge in [-0.25, -0.2) is 4.79 Å². The number of nitrogens with zero attached hydrogens (tertiary/aromatic N) is 2. The molecule has 8 heteroatoms. The summed E-state index contributed by atoms with van der Waals surface area (Å²) in [5.74, 6) is 0.434. The highest BCUT2D eigenvalue weighted by atomic mass is 32.2. The second-order valence-electron chi connectivity index (χ2n) is 4.48. The van der Waals surface area contributed by atoms with Gasteiger partial charge in [-0.1, -0.05) is 5.16 Å². The average molecular weight is 308 g/mol. The van der Waals surface area contributed by atoms with E-state index in [-0.39, 0.29) is 5.69 Å². The molecule has 1 aliphatic heterocycles. The summed E-state index contributed by atoms with van der Waals surface area (Å²) in [6.07, 6.45) is 1.49. The van der Waals surface area contributed by atoms with Crippen molar-refractivity contribution < 1.29 is 23.6 Å². The summed E-state index contributed by atoms with van der Waals surface area (Å²) < 4.78 is 10.2. The van der Waals surface area contributed by atoms with Gasteiger partial charge in [0, 0.05) is 24.1 Å². The molecule has 1 atom stereocenters. The molecule has 1 N–H and O–H groups in total. The smallest absolute Gasteiger partial charge is 0.327 e. The van der Waals surface area contributed by atoms with E-state index in [2.05, 4.69) is 5.16 Å². The largest absolute Gasteiger partial charge is 0.480 e. The highest BCUT2D eigenvalue weighted by Crippen LogP contribution is 2.23. The molecule has 21 heavy (non-hydrogen) atoms. The maximum Gasteiger partial charge on any atom is 0.327 e. The van der Waals surface area contributed by atoms with Crippen LogP contribution in [-0.4, -0.2) is 51.1 Å². The van der Waals surface area contributed by atoms with Crippen molar-refractivity contribution in [1.29, 1.82) is 0 Å². The lowest BCUT2D eigenvalue weighted by Crippen LogP contribution is -2.50. The molecule has 7 nitrogen and oxygen atoms in total. The van der Waals surface area contributed by atoms with Gasteiger partial charge in [-0.2, -0.15) is 11.8 Å². The highest BCUT2D eigenvalue weighted by Gasteiger charge is 2.34. The van der Waals surface area contributed by atoms with Crippen LogP contribution in [-0.2, 0) is 4.79 Å². The van der Waals surface area contributed by atoms with Gasteiger partial charge in [0.2, 0.25) is 5.76 Å². The Morgan fingerprint density at radius 3 is 3.00 bits per heavy atom. The van der Waals surface area contributed by atoms with E-state index in [0.717, 1.165) is 0 Å². The second-order valence-corrected chi connectivity index (χ2v) is 5.63. The number of carbonyl (C=O) groups is 2. The zero-order valence-electron chi connectivity index (χ0n) is 10.9. The van der Waals surface area contributed by atoms with Gasteiger partial charge < -0.3 is 18.9 Å². The molecule has 1 aliphatic rings. The number of aliphatic carboxylic acids is 1. The molecule has 2 aromatic rings. The van der Waals surface area contributed by atoms with E-state index in [0.29, 0.717) is 29.6 Å².